The van der Waals surface area contributed by atoms with Gasteiger partial charge in [-0.05, 0) is 18.2 Å². The van der Waals surface area contributed by atoms with Gasteiger partial charge in [-0.3, -0.25) is 9.69 Å². The van der Waals surface area contributed by atoms with Gasteiger partial charge in [0.2, 0.25) is 15.9 Å². The van der Waals surface area contributed by atoms with E-state index >= 15 is 0 Å². The molecule has 0 aliphatic carbocycles. The third-order valence-electron chi connectivity index (χ3n) is 2.57. The van der Waals surface area contributed by atoms with Crippen LogP contribution in [-0.2, 0) is 14.8 Å². The Kier molecular flexibility index (Phi) is 5.03. The molecule has 1 saturated heterocycles. The van der Waals surface area contributed by atoms with Crippen molar-refractivity contribution >= 4 is 55.8 Å². The molecule has 0 aromatic heterocycles. The zero-order chi connectivity index (χ0) is 14.8. The van der Waals surface area contributed by atoms with Gasteiger partial charge in [0, 0.05) is 18.1 Å². The molecule has 0 saturated carbocycles. The minimum Gasteiger partial charge on any atom is -0.296 e. The van der Waals surface area contributed by atoms with Gasteiger partial charge in [-0.1, -0.05) is 41.6 Å². The van der Waals surface area contributed by atoms with E-state index < -0.39 is 10.0 Å². The van der Waals surface area contributed by atoms with Crippen molar-refractivity contribution in [3.63, 3.8) is 0 Å². The number of sulfonamides is 1. The quantitative estimate of drug-likeness (QED) is 0.815. The average Bonchev–Trinajstić information content (AvgIpc) is 2.70. The predicted octanol–water partition coefficient (Wildman–Crippen LogP) is 1.48. The van der Waals surface area contributed by atoms with Crippen LogP contribution in [-0.4, -0.2) is 42.4 Å². The fraction of sp³-hybridized carbons (Fsp3) is 0.273. The maximum Gasteiger partial charge on any atom is 0.240 e. The van der Waals surface area contributed by atoms with Gasteiger partial charge in [-0.25, -0.2) is 13.1 Å². The summed E-state index contributed by atoms with van der Waals surface area (Å²) < 4.78 is 26.9. The van der Waals surface area contributed by atoms with Gasteiger partial charge >= 0.3 is 0 Å². The smallest absolute Gasteiger partial charge is 0.240 e. The third-order valence-corrected chi connectivity index (χ3v) is 5.70. The first-order chi connectivity index (χ1) is 9.40. The number of amides is 1. The summed E-state index contributed by atoms with van der Waals surface area (Å²) in [6.07, 6.45) is 0. The number of thioether (sulfide) groups is 1. The van der Waals surface area contributed by atoms with E-state index in [9.17, 15) is 13.2 Å². The van der Waals surface area contributed by atoms with Crippen molar-refractivity contribution in [2.24, 2.45) is 0 Å². The summed E-state index contributed by atoms with van der Waals surface area (Å²) in [7, 11) is -3.63. The van der Waals surface area contributed by atoms with E-state index in [1.807, 2.05) is 0 Å². The summed E-state index contributed by atoms with van der Waals surface area (Å²) in [5.41, 5.74) is 0. The molecule has 1 heterocycles. The number of benzene rings is 1. The van der Waals surface area contributed by atoms with Crippen LogP contribution in [0.15, 0.2) is 29.2 Å². The van der Waals surface area contributed by atoms with Crippen LogP contribution in [0.5, 0.6) is 0 Å². The molecule has 0 spiro atoms. The van der Waals surface area contributed by atoms with Gasteiger partial charge in [-0.2, -0.15) is 0 Å². The van der Waals surface area contributed by atoms with Crippen molar-refractivity contribution < 1.29 is 13.2 Å². The standard InChI is InChI=1S/C11H11ClN2O3S3/c12-8-2-1-3-9(6-8)20(16,17)13-4-5-14-10(15)7-19-11(14)18/h1-3,6,13H,4-5,7H2. The van der Waals surface area contributed by atoms with Crippen molar-refractivity contribution in [2.75, 3.05) is 18.8 Å². The third kappa shape index (κ3) is 3.70. The fourth-order valence-electron chi connectivity index (χ4n) is 1.61. The molecule has 1 amide bonds. The zero-order valence-corrected chi connectivity index (χ0v) is 13.4. The monoisotopic (exact) mass is 350 g/mol. The van der Waals surface area contributed by atoms with Gasteiger partial charge in [0.1, 0.15) is 4.32 Å². The molecule has 1 aliphatic heterocycles. The molecule has 108 valence electrons. The predicted molar refractivity (Wildman–Crippen MR) is 83.4 cm³/mol. The van der Waals surface area contributed by atoms with E-state index in [0.29, 0.717) is 15.1 Å². The highest BCUT2D eigenvalue weighted by molar-refractivity contribution is 8.23. The molecule has 9 heteroatoms. The topological polar surface area (TPSA) is 66.5 Å². The summed E-state index contributed by atoms with van der Waals surface area (Å²) in [6, 6.07) is 5.98. The molecular weight excluding hydrogens is 340 g/mol. The Morgan fingerprint density at radius 2 is 2.20 bits per heavy atom. The van der Waals surface area contributed by atoms with E-state index in [1.54, 1.807) is 12.1 Å². The first-order valence-corrected chi connectivity index (χ1v) is 8.88. The number of rotatable bonds is 5. The Morgan fingerprint density at radius 1 is 1.45 bits per heavy atom. The number of thiocarbonyl (C=S) groups is 1. The summed E-state index contributed by atoms with van der Waals surface area (Å²) in [5, 5.41) is 0.347. The lowest BCUT2D eigenvalue weighted by Crippen LogP contribution is -2.37. The second-order valence-corrected chi connectivity index (χ2v) is 7.77. The largest absolute Gasteiger partial charge is 0.296 e. The maximum atomic E-state index is 12.0. The molecule has 0 radical (unpaired) electrons. The average molecular weight is 351 g/mol. The highest BCUT2D eigenvalue weighted by atomic mass is 35.5. The minimum absolute atomic E-state index is 0.0923. The number of hydrogen-bond donors (Lipinski definition) is 1. The van der Waals surface area contributed by atoms with E-state index in [-0.39, 0.29) is 23.9 Å². The first kappa shape index (κ1) is 15.7. The van der Waals surface area contributed by atoms with Gasteiger partial charge in [0.05, 0.1) is 10.6 Å². The molecule has 1 N–H and O–H groups in total. The highest BCUT2D eigenvalue weighted by Gasteiger charge is 2.26. The zero-order valence-electron chi connectivity index (χ0n) is 10.2. The van der Waals surface area contributed by atoms with E-state index in [4.69, 9.17) is 23.8 Å². The Hall–Kier alpha value is -0.670. The molecule has 1 aliphatic rings. The van der Waals surface area contributed by atoms with Crippen LogP contribution in [0.1, 0.15) is 0 Å². The fourth-order valence-corrected chi connectivity index (χ4v) is 4.05. The maximum absolute atomic E-state index is 12.0. The molecule has 1 fully saturated rings. The lowest BCUT2D eigenvalue weighted by atomic mass is 10.4. The number of nitrogens with zero attached hydrogens (tertiary/aromatic N) is 1. The lowest BCUT2D eigenvalue weighted by Gasteiger charge is -2.15. The SMILES string of the molecule is O=C1CSC(=S)N1CCNS(=O)(=O)c1cccc(Cl)c1. The highest BCUT2D eigenvalue weighted by Crippen LogP contribution is 2.19. The Morgan fingerprint density at radius 3 is 2.80 bits per heavy atom. The Labute approximate surface area is 131 Å². The Bertz CT molecular complexity index is 632. The minimum atomic E-state index is -3.63. The Balaban J connectivity index is 1.96. The van der Waals surface area contributed by atoms with E-state index in [2.05, 4.69) is 4.72 Å². The van der Waals surface area contributed by atoms with Crippen LogP contribution in [0.2, 0.25) is 5.02 Å². The second kappa shape index (κ2) is 6.40. The molecule has 0 unspecified atom stereocenters. The summed E-state index contributed by atoms with van der Waals surface area (Å²) >= 11 is 12.1. The van der Waals surface area contributed by atoms with Gasteiger partial charge in [0.25, 0.3) is 0 Å². The van der Waals surface area contributed by atoms with Crippen molar-refractivity contribution in [1.29, 1.82) is 0 Å². The number of carbonyl (C=O) groups is 1. The summed E-state index contributed by atoms with van der Waals surface area (Å²) in [5.74, 6) is 0.224. The summed E-state index contributed by atoms with van der Waals surface area (Å²) in [6.45, 7) is 0.325. The molecule has 1 aromatic rings. The number of nitrogens with one attached hydrogen (secondary N) is 1. The molecule has 20 heavy (non-hydrogen) atoms. The van der Waals surface area contributed by atoms with E-state index in [1.165, 1.54) is 28.8 Å². The number of halogens is 1. The molecule has 5 nitrogen and oxygen atoms in total. The van der Waals surface area contributed by atoms with Crippen LogP contribution in [0.25, 0.3) is 0 Å². The van der Waals surface area contributed by atoms with Crippen LogP contribution in [0.3, 0.4) is 0 Å². The number of hydrogen-bond acceptors (Lipinski definition) is 5. The molecular formula is C11H11ClN2O3S3. The van der Waals surface area contributed by atoms with Crippen LogP contribution in [0, 0.1) is 0 Å². The normalized spacial score (nSPS) is 15.9. The lowest BCUT2D eigenvalue weighted by molar-refractivity contribution is -0.123. The van der Waals surface area contributed by atoms with Crippen LogP contribution < -0.4 is 4.72 Å². The van der Waals surface area contributed by atoms with Crippen molar-refractivity contribution in [1.82, 2.24) is 9.62 Å². The van der Waals surface area contributed by atoms with Gasteiger partial charge < -0.3 is 0 Å². The number of carbonyl (C=O) groups excluding carboxylic acids is 1. The molecule has 0 bridgehead atoms. The van der Waals surface area contributed by atoms with Gasteiger partial charge in [-0.15, -0.1) is 0 Å². The first-order valence-electron chi connectivity index (χ1n) is 5.62. The van der Waals surface area contributed by atoms with E-state index in [0.717, 1.165) is 0 Å². The van der Waals surface area contributed by atoms with Gasteiger partial charge in [0.15, 0.2) is 0 Å². The van der Waals surface area contributed by atoms with Crippen molar-refractivity contribution in [3.8, 4) is 0 Å². The molecule has 2 rings (SSSR count). The van der Waals surface area contributed by atoms with Crippen molar-refractivity contribution in [2.45, 2.75) is 4.90 Å². The van der Waals surface area contributed by atoms with Crippen LogP contribution >= 0.6 is 35.6 Å². The summed E-state index contributed by atoms with van der Waals surface area (Å²) in [4.78, 5) is 13.0. The van der Waals surface area contributed by atoms with Crippen LogP contribution in [0.4, 0.5) is 0 Å². The second-order valence-electron chi connectivity index (χ2n) is 3.96. The molecule has 0 atom stereocenters. The van der Waals surface area contributed by atoms with Crippen molar-refractivity contribution in [3.05, 3.63) is 29.3 Å². The molecule has 1 aromatic carbocycles.